The highest BCUT2D eigenvalue weighted by Crippen LogP contribution is 2.23. The molecule has 1 atom stereocenters. The second kappa shape index (κ2) is 8.29. The lowest BCUT2D eigenvalue weighted by molar-refractivity contribution is 0.0939. The molecule has 7 nitrogen and oxygen atoms in total. The molecule has 0 aliphatic carbocycles. The molecule has 162 valence electrons. The van der Waals surface area contributed by atoms with Crippen LogP contribution in [0.25, 0.3) is 11.4 Å². The first kappa shape index (κ1) is 20.0. The summed E-state index contributed by atoms with van der Waals surface area (Å²) in [5.74, 6) is 3.57. The molecule has 2 aliphatic heterocycles. The number of hydrogen-bond acceptors (Lipinski definition) is 4. The van der Waals surface area contributed by atoms with Gasteiger partial charge in [-0.2, -0.15) is 5.10 Å². The molecule has 2 aliphatic rings. The molecule has 0 saturated heterocycles. The fourth-order valence-electron chi connectivity index (χ4n) is 4.66. The van der Waals surface area contributed by atoms with Gasteiger partial charge in [0.2, 0.25) is 0 Å². The van der Waals surface area contributed by atoms with Gasteiger partial charge in [-0.25, -0.2) is 14.6 Å². The first-order valence-electron chi connectivity index (χ1n) is 11.5. The van der Waals surface area contributed by atoms with E-state index in [1.807, 2.05) is 28.9 Å². The number of carbonyl (C=O) groups excluding carboxylic acids is 1. The number of imidazole rings is 1. The lowest BCUT2D eigenvalue weighted by Crippen LogP contribution is -2.27. The molecule has 0 spiro atoms. The van der Waals surface area contributed by atoms with Crippen LogP contribution < -0.4 is 5.32 Å². The Kier molecular flexibility index (Phi) is 5.34. The van der Waals surface area contributed by atoms with Crippen molar-refractivity contribution < 1.29 is 4.79 Å². The zero-order valence-corrected chi connectivity index (χ0v) is 18.4. The molecule has 31 heavy (non-hydrogen) atoms. The minimum Gasteiger partial charge on any atom is -0.347 e. The van der Waals surface area contributed by atoms with Crippen LogP contribution in [0.4, 0.5) is 0 Å². The number of aryl methyl sites for hydroxylation is 3. The average molecular weight is 419 g/mol. The number of rotatable bonds is 5. The largest absolute Gasteiger partial charge is 0.347 e. The maximum atomic E-state index is 13.0. The van der Waals surface area contributed by atoms with Crippen LogP contribution in [-0.4, -0.2) is 30.2 Å². The van der Waals surface area contributed by atoms with Crippen LogP contribution in [-0.2, 0) is 38.9 Å². The van der Waals surface area contributed by atoms with Crippen LogP contribution in [0, 0.1) is 5.92 Å². The van der Waals surface area contributed by atoms with Gasteiger partial charge in [0.05, 0.1) is 5.69 Å². The Hall–Kier alpha value is -2.96. The summed E-state index contributed by atoms with van der Waals surface area (Å²) in [4.78, 5) is 22.4. The van der Waals surface area contributed by atoms with Gasteiger partial charge in [-0.05, 0) is 37.2 Å². The minimum atomic E-state index is -0.0286. The molecule has 3 aromatic rings. The molecule has 5 rings (SSSR count). The van der Waals surface area contributed by atoms with E-state index in [4.69, 9.17) is 9.97 Å². The molecule has 1 amide bonds. The summed E-state index contributed by atoms with van der Waals surface area (Å²) in [7, 11) is 0. The Morgan fingerprint density at radius 2 is 1.97 bits per heavy atom. The van der Waals surface area contributed by atoms with E-state index in [1.165, 1.54) is 0 Å². The molecule has 7 heteroatoms. The van der Waals surface area contributed by atoms with Gasteiger partial charge in [0.15, 0.2) is 5.82 Å². The lowest BCUT2D eigenvalue weighted by Gasteiger charge is -2.17. The maximum absolute atomic E-state index is 13.0. The molecular weight excluding hydrogens is 388 g/mol. The number of benzene rings is 1. The van der Waals surface area contributed by atoms with Crippen LogP contribution >= 0.6 is 0 Å². The smallest absolute Gasteiger partial charge is 0.270 e. The van der Waals surface area contributed by atoms with Crippen molar-refractivity contribution in [2.24, 2.45) is 5.92 Å². The van der Waals surface area contributed by atoms with Crippen molar-refractivity contribution in [1.29, 1.82) is 0 Å². The Balaban J connectivity index is 1.27. The predicted molar refractivity (Wildman–Crippen MR) is 119 cm³/mol. The number of fused-ring (bicyclic) bond motifs is 2. The highest BCUT2D eigenvalue weighted by molar-refractivity contribution is 5.94. The van der Waals surface area contributed by atoms with Crippen LogP contribution in [0.5, 0.6) is 0 Å². The van der Waals surface area contributed by atoms with Crippen molar-refractivity contribution in [2.75, 3.05) is 0 Å². The number of nitrogens with one attached hydrogen (secondary N) is 1. The monoisotopic (exact) mass is 418 g/mol. The summed E-state index contributed by atoms with van der Waals surface area (Å²) in [5.41, 5.74) is 3.73. The molecule has 0 unspecified atom stereocenters. The van der Waals surface area contributed by atoms with E-state index in [-0.39, 0.29) is 5.91 Å². The summed E-state index contributed by atoms with van der Waals surface area (Å²) in [6, 6.07) is 8.19. The van der Waals surface area contributed by atoms with Gasteiger partial charge in [0.1, 0.15) is 17.3 Å². The summed E-state index contributed by atoms with van der Waals surface area (Å²) in [6.07, 6.45) is 6.16. The lowest BCUT2D eigenvalue weighted by atomic mass is 10.0. The van der Waals surface area contributed by atoms with E-state index in [0.717, 1.165) is 91.6 Å². The van der Waals surface area contributed by atoms with E-state index >= 15 is 0 Å². The third-order valence-electron chi connectivity index (χ3n) is 6.48. The normalized spacial score (nSPS) is 17.8. The SMILES string of the molecule is CCc1nc2n(c1C(=O)NCc1ccc(-c3nc4n(n3)CC[C@@H](C)C4)cc1)CCCC2. The van der Waals surface area contributed by atoms with Crippen molar-refractivity contribution in [1.82, 2.24) is 29.6 Å². The minimum absolute atomic E-state index is 0.0286. The molecule has 1 N–H and O–H groups in total. The van der Waals surface area contributed by atoms with Gasteiger partial charge < -0.3 is 9.88 Å². The quantitative estimate of drug-likeness (QED) is 0.687. The topological polar surface area (TPSA) is 77.6 Å². The van der Waals surface area contributed by atoms with Crippen LogP contribution in [0.1, 0.15) is 66.5 Å². The molecule has 1 aromatic carbocycles. The highest BCUT2D eigenvalue weighted by atomic mass is 16.2. The van der Waals surface area contributed by atoms with E-state index in [2.05, 4.69) is 28.8 Å². The van der Waals surface area contributed by atoms with Gasteiger partial charge in [-0.15, -0.1) is 0 Å². The molecule has 0 radical (unpaired) electrons. The fraction of sp³-hybridized carbons (Fsp3) is 0.500. The molecule has 0 bridgehead atoms. The van der Waals surface area contributed by atoms with Crippen molar-refractivity contribution >= 4 is 5.91 Å². The first-order chi connectivity index (χ1) is 15.1. The Morgan fingerprint density at radius 1 is 1.13 bits per heavy atom. The zero-order valence-electron chi connectivity index (χ0n) is 18.4. The fourth-order valence-corrected chi connectivity index (χ4v) is 4.66. The zero-order chi connectivity index (χ0) is 21.4. The average Bonchev–Trinajstić information content (AvgIpc) is 3.38. The predicted octanol–water partition coefficient (Wildman–Crippen LogP) is 3.55. The number of carbonyl (C=O) groups is 1. The van der Waals surface area contributed by atoms with Crippen LogP contribution in [0.3, 0.4) is 0 Å². The van der Waals surface area contributed by atoms with Gasteiger partial charge >= 0.3 is 0 Å². The number of aromatic nitrogens is 5. The van der Waals surface area contributed by atoms with Gasteiger partial charge in [-0.3, -0.25) is 4.79 Å². The van der Waals surface area contributed by atoms with Crippen LogP contribution in [0.15, 0.2) is 24.3 Å². The van der Waals surface area contributed by atoms with Crippen molar-refractivity contribution in [3.8, 4) is 11.4 Å². The summed E-state index contributed by atoms with van der Waals surface area (Å²) in [5, 5.41) is 7.77. The number of hydrogen-bond donors (Lipinski definition) is 1. The summed E-state index contributed by atoms with van der Waals surface area (Å²) < 4.78 is 4.16. The van der Waals surface area contributed by atoms with Gasteiger partial charge in [0, 0.05) is 38.0 Å². The van der Waals surface area contributed by atoms with E-state index in [1.54, 1.807) is 0 Å². The summed E-state index contributed by atoms with van der Waals surface area (Å²) in [6.45, 7) is 6.66. The standard InChI is InChI=1S/C24H30N6O/c1-3-19-22(29-12-5-4-6-20(29)26-19)24(31)25-15-17-7-9-18(10-8-17)23-27-21-14-16(2)11-13-30(21)28-23/h7-10,16H,3-6,11-15H2,1-2H3,(H,25,31)/t16-/m1/s1. The molecule has 4 heterocycles. The summed E-state index contributed by atoms with van der Waals surface area (Å²) >= 11 is 0. The number of amides is 1. The second-order valence-corrected chi connectivity index (χ2v) is 8.84. The molecule has 2 aromatic heterocycles. The third kappa shape index (κ3) is 3.89. The third-order valence-corrected chi connectivity index (χ3v) is 6.48. The van der Waals surface area contributed by atoms with Crippen LogP contribution in [0.2, 0.25) is 0 Å². The maximum Gasteiger partial charge on any atom is 0.270 e. The van der Waals surface area contributed by atoms with E-state index < -0.39 is 0 Å². The molecule has 0 fully saturated rings. The van der Waals surface area contributed by atoms with Crippen molar-refractivity contribution in [3.05, 3.63) is 52.9 Å². The van der Waals surface area contributed by atoms with Crippen molar-refractivity contribution in [2.45, 2.75) is 72.0 Å². The van der Waals surface area contributed by atoms with E-state index in [9.17, 15) is 4.79 Å². The second-order valence-electron chi connectivity index (χ2n) is 8.84. The number of nitrogens with zero attached hydrogens (tertiary/aromatic N) is 5. The van der Waals surface area contributed by atoms with Gasteiger partial charge in [0.25, 0.3) is 5.91 Å². The molecule has 0 saturated carbocycles. The highest BCUT2D eigenvalue weighted by Gasteiger charge is 2.23. The van der Waals surface area contributed by atoms with Crippen molar-refractivity contribution in [3.63, 3.8) is 0 Å². The Labute approximate surface area is 182 Å². The Morgan fingerprint density at radius 3 is 2.77 bits per heavy atom. The Bertz CT molecular complexity index is 1090. The first-order valence-corrected chi connectivity index (χ1v) is 11.5. The molecular formula is C24H30N6O. The van der Waals surface area contributed by atoms with E-state index in [0.29, 0.717) is 12.5 Å². The van der Waals surface area contributed by atoms with Gasteiger partial charge in [-0.1, -0.05) is 38.1 Å².